The lowest BCUT2D eigenvalue weighted by molar-refractivity contribution is -0.870. The summed E-state index contributed by atoms with van der Waals surface area (Å²) in [5, 5.41) is 14.1. The lowest BCUT2D eigenvalue weighted by Gasteiger charge is -2.26. The number of likely N-dealkylation sites (N-methyl/N-ethyl adjacent to an activating group) is 1. The van der Waals surface area contributed by atoms with E-state index in [0.717, 1.165) is 38.5 Å². The molecule has 0 saturated carbocycles. The Hall–Kier alpha value is -0.500. The maximum absolute atomic E-state index is 13.1. The molecule has 8 nitrogen and oxygen atoms in total. The van der Waals surface area contributed by atoms with Gasteiger partial charge in [-0.15, -0.1) is 0 Å². The Morgan fingerprint density at radius 1 is 0.385 bits per heavy atom. The number of carbonyl (C=O) groups excluding carboxylic acids is 1. The Bertz CT molecular complexity index is 1230. The second-order valence-electron chi connectivity index (χ2n) is 26.0. The molecule has 0 aromatic rings. The van der Waals surface area contributed by atoms with Crippen LogP contribution in [0.15, 0.2) is 0 Å². The van der Waals surface area contributed by atoms with Gasteiger partial charge < -0.3 is 19.8 Å². The van der Waals surface area contributed by atoms with Gasteiger partial charge in [-0.1, -0.05) is 367 Å². The molecule has 3 atom stereocenters. The second-order valence-corrected chi connectivity index (χ2v) is 27.4. The van der Waals surface area contributed by atoms with Crippen LogP contribution in [-0.2, 0) is 18.4 Å². The Kier molecular flexibility index (Phi) is 60.7. The van der Waals surface area contributed by atoms with Crippen molar-refractivity contribution in [1.82, 2.24) is 5.32 Å². The number of carbonyl (C=O) groups is 1. The molecule has 0 bridgehead atoms. The SMILES string of the molecule is CCCCCCCCCCCCCCCCCCCCCCCCCCCCCCCCCCCCCC(=O)NC(COP(=O)(O)OCC[N+](C)(C)C)C(O)CCCCCCCCCCCCCCCCCCCCCCC. The van der Waals surface area contributed by atoms with Gasteiger partial charge in [-0.25, -0.2) is 4.57 Å². The molecule has 0 aromatic carbocycles. The van der Waals surface area contributed by atoms with E-state index in [9.17, 15) is 19.4 Å². The van der Waals surface area contributed by atoms with Gasteiger partial charge in [0, 0.05) is 6.42 Å². The second kappa shape index (κ2) is 61.1. The molecule has 0 aliphatic carbocycles. The fourth-order valence-electron chi connectivity index (χ4n) is 11.3. The van der Waals surface area contributed by atoms with Crippen molar-refractivity contribution in [3.63, 3.8) is 0 Å². The zero-order valence-electron chi connectivity index (χ0n) is 53.7. The summed E-state index contributed by atoms with van der Waals surface area (Å²) < 4.78 is 23.9. The topological polar surface area (TPSA) is 105 Å². The van der Waals surface area contributed by atoms with Gasteiger partial charge >= 0.3 is 7.82 Å². The van der Waals surface area contributed by atoms with Crippen LogP contribution < -0.4 is 5.32 Å². The zero-order valence-corrected chi connectivity index (χ0v) is 54.6. The summed E-state index contributed by atoms with van der Waals surface area (Å²) in [6.45, 7) is 4.96. The number of quaternary nitrogens is 1. The van der Waals surface area contributed by atoms with Crippen LogP contribution in [0.25, 0.3) is 0 Å². The summed E-state index contributed by atoms with van der Waals surface area (Å²) in [7, 11) is 1.64. The number of hydrogen-bond acceptors (Lipinski definition) is 5. The third-order valence-corrected chi connectivity index (χ3v) is 17.8. The number of nitrogens with zero attached hydrogens (tertiary/aromatic N) is 1. The molecule has 0 aliphatic rings. The van der Waals surface area contributed by atoms with E-state index in [1.165, 1.54) is 321 Å². The first-order valence-electron chi connectivity index (χ1n) is 35.4. The molecular formula is C69H142N2O6P+. The first kappa shape index (κ1) is 77.5. The number of phosphoric ester groups is 1. The number of rotatable bonds is 67. The Morgan fingerprint density at radius 3 is 0.859 bits per heavy atom. The Labute approximate surface area is 489 Å². The summed E-state index contributed by atoms with van der Waals surface area (Å²) >= 11 is 0. The van der Waals surface area contributed by atoms with Crippen LogP contribution in [-0.4, -0.2) is 73.4 Å². The summed E-state index contributed by atoms with van der Waals surface area (Å²) in [6.07, 6.45) is 76.5. The summed E-state index contributed by atoms with van der Waals surface area (Å²) in [5.74, 6) is -0.133. The van der Waals surface area contributed by atoms with Gasteiger partial charge in [0.15, 0.2) is 0 Å². The van der Waals surface area contributed by atoms with Crippen molar-refractivity contribution in [2.45, 2.75) is 398 Å². The Morgan fingerprint density at radius 2 is 0.615 bits per heavy atom. The number of nitrogens with one attached hydrogen (secondary N) is 1. The molecule has 0 saturated heterocycles. The minimum atomic E-state index is -4.32. The van der Waals surface area contributed by atoms with Gasteiger partial charge in [0.25, 0.3) is 0 Å². The van der Waals surface area contributed by atoms with E-state index in [-0.39, 0.29) is 19.1 Å². The van der Waals surface area contributed by atoms with Crippen LogP contribution in [0.4, 0.5) is 0 Å². The Balaban J connectivity index is 3.92. The standard InChI is InChI=1S/C69H141N2O6P/c1-6-8-10-12-14-16-18-20-22-24-26-28-29-30-31-32-33-34-35-36-37-38-39-40-41-43-45-47-49-51-53-55-57-59-61-63-69(73)70-67(66-77-78(74,75)76-65-64-71(3,4)5)68(72)62-60-58-56-54-52-50-48-46-44-42-27-25-23-21-19-17-15-13-11-9-7-2/h67-68,72H,6-66H2,1-5H3,(H-,70,73,74,75)/p+1. The van der Waals surface area contributed by atoms with Crippen LogP contribution in [0.3, 0.4) is 0 Å². The molecule has 0 fully saturated rings. The number of unbranched alkanes of at least 4 members (excludes halogenated alkanes) is 54. The number of amides is 1. The van der Waals surface area contributed by atoms with Crippen LogP contribution >= 0.6 is 7.82 Å². The third-order valence-electron chi connectivity index (χ3n) is 16.9. The van der Waals surface area contributed by atoms with Gasteiger partial charge in [0.2, 0.25) is 5.91 Å². The molecule has 0 rings (SSSR count). The summed E-state index contributed by atoms with van der Waals surface area (Å²) in [4.78, 5) is 23.4. The van der Waals surface area contributed by atoms with E-state index < -0.39 is 20.0 Å². The van der Waals surface area contributed by atoms with Crippen LogP contribution in [0.1, 0.15) is 386 Å². The number of hydrogen-bond donors (Lipinski definition) is 3. The molecule has 0 heterocycles. The predicted octanol–water partition coefficient (Wildman–Crippen LogP) is 22.3. The van der Waals surface area contributed by atoms with Crippen molar-refractivity contribution in [3.8, 4) is 0 Å². The molecule has 0 spiro atoms. The van der Waals surface area contributed by atoms with E-state index in [1.807, 2.05) is 21.1 Å². The van der Waals surface area contributed by atoms with Gasteiger partial charge in [-0.2, -0.15) is 0 Å². The van der Waals surface area contributed by atoms with Crippen molar-refractivity contribution in [2.24, 2.45) is 0 Å². The van der Waals surface area contributed by atoms with Crippen molar-refractivity contribution in [2.75, 3.05) is 40.9 Å². The van der Waals surface area contributed by atoms with Crippen molar-refractivity contribution < 1.29 is 32.9 Å². The number of phosphoric acid groups is 1. The van der Waals surface area contributed by atoms with Crippen molar-refractivity contribution in [3.05, 3.63) is 0 Å². The first-order chi connectivity index (χ1) is 38.0. The molecule has 78 heavy (non-hydrogen) atoms. The van der Waals surface area contributed by atoms with E-state index in [1.54, 1.807) is 0 Å². The molecule has 3 N–H and O–H groups in total. The molecule has 3 unspecified atom stereocenters. The largest absolute Gasteiger partial charge is 0.472 e. The highest BCUT2D eigenvalue weighted by Crippen LogP contribution is 2.43. The van der Waals surface area contributed by atoms with E-state index in [2.05, 4.69) is 19.2 Å². The quantitative estimate of drug-likeness (QED) is 0.0318. The van der Waals surface area contributed by atoms with Crippen LogP contribution in [0, 0.1) is 0 Å². The van der Waals surface area contributed by atoms with Gasteiger partial charge in [0.1, 0.15) is 13.2 Å². The van der Waals surface area contributed by atoms with Crippen molar-refractivity contribution in [1.29, 1.82) is 0 Å². The zero-order chi connectivity index (χ0) is 57.0. The van der Waals surface area contributed by atoms with Crippen molar-refractivity contribution >= 4 is 13.7 Å². The highest BCUT2D eigenvalue weighted by Gasteiger charge is 2.28. The summed E-state index contributed by atoms with van der Waals surface area (Å²) in [5.41, 5.74) is 0. The fourth-order valence-corrected chi connectivity index (χ4v) is 12.1. The monoisotopic (exact) mass is 1130 g/mol. The van der Waals surface area contributed by atoms with Gasteiger partial charge in [0.05, 0.1) is 39.9 Å². The van der Waals surface area contributed by atoms with E-state index in [4.69, 9.17) is 9.05 Å². The molecule has 0 aromatic heterocycles. The average Bonchev–Trinajstić information content (AvgIpc) is 3.41. The highest BCUT2D eigenvalue weighted by molar-refractivity contribution is 7.47. The van der Waals surface area contributed by atoms with Crippen LogP contribution in [0.5, 0.6) is 0 Å². The van der Waals surface area contributed by atoms with E-state index in [0.29, 0.717) is 23.9 Å². The molecule has 9 heteroatoms. The maximum atomic E-state index is 13.1. The molecule has 0 aliphatic heterocycles. The first-order valence-corrected chi connectivity index (χ1v) is 36.9. The average molecular weight is 1130 g/mol. The minimum absolute atomic E-state index is 0.0794. The minimum Gasteiger partial charge on any atom is -0.391 e. The third kappa shape index (κ3) is 63.1. The van der Waals surface area contributed by atoms with Crippen LogP contribution in [0.2, 0.25) is 0 Å². The lowest BCUT2D eigenvalue weighted by atomic mass is 10.0. The maximum Gasteiger partial charge on any atom is 0.472 e. The molecule has 468 valence electrons. The number of aliphatic hydroxyl groups is 1. The fraction of sp³-hybridized carbons (Fsp3) is 0.986. The van der Waals surface area contributed by atoms with Gasteiger partial charge in [-0.05, 0) is 12.8 Å². The molecule has 0 radical (unpaired) electrons. The van der Waals surface area contributed by atoms with E-state index >= 15 is 0 Å². The lowest BCUT2D eigenvalue weighted by Crippen LogP contribution is -2.46. The number of aliphatic hydroxyl groups excluding tert-OH is 1. The smallest absolute Gasteiger partial charge is 0.391 e. The summed E-state index contributed by atoms with van der Waals surface area (Å²) in [6, 6.07) is -0.756. The van der Waals surface area contributed by atoms with Gasteiger partial charge in [-0.3, -0.25) is 13.8 Å². The normalized spacial score (nSPS) is 13.6. The predicted molar refractivity (Wildman–Crippen MR) is 342 cm³/mol. The molecule has 1 amide bonds. The highest BCUT2D eigenvalue weighted by atomic mass is 31.2. The molecular weight excluding hydrogens is 984 g/mol.